The molecule has 1 aromatic rings. The number of aromatic amines is 1. The number of hydrogen-bond acceptors (Lipinski definition) is 4. The van der Waals surface area contributed by atoms with Crippen molar-refractivity contribution in [1.29, 1.82) is 0 Å². The van der Waals surface area contributed by atoms with Crippen LogP contribution in [-0.2, 0) is 4.74 Å². The van der Waals surface area contributed by atoms with Gasteiger partial charge in [-0.25, -0.2) is 4.79 Å². The first-order valence-electron chi connectivity index (χ1n) is 3.33. The first-order chi connectivity index (χ1) is 5.66. The van der Waals surface area contributed by atoms with Crippen molar-refractivity contribution in [2.45, 2.75) is 6.92 Å². The zero-order valence-corrected chi connectivity index (χ0v) is 8.58. The van der Waals surface area contributed by atoms with E-state index >= 15 is 0 Å². The molecular weight excluding hydrogens is 273 g/mol. The third kappa shape index (κ3) is 1.68. The largest absolute Gasteiger partial charge is 0.461 e. The third-order valence-electron chi connectivity index (χ3n) is 1.23. The van der Waals surface area contributed by atoms with Crippen molar-refractivity contribution in [2.75, 3.05) is 12.3 Å². The van der Waals surface area contributed by atoms with Gasteiger partial charge in [-0.15, -0.1) is 0 Å². The van der Waals surface area contributed by atoms with Gasteiger partial charge in [0.2, 0.25) is 0 Å². The van der Waals surface area contributed by atoms with Gasteiger partial charge in [-0.1, -0.05) is 0 Å². The molecule has 1 rings (SSSR count). The van der Waals surface area contributed by atoms with Crippen LogP contribution in [0.4, 0.5) is 5.69 Å². The summed E-state index contributed by atoms with van der Waals surface area (Å²) in [6.45, 7) is 2.05. The van der Waals surface area contributed by atoms with Crippen LogP contribution in [0.3, 0.4) is 0 Å². The number of carbonyl (C=O) groups excluding carboxylic acids is 1. The zero-order valence-electron chi connectivity index (χ0n) is 6.43. The van der Waals surface area contributed by atoms with Crippen LogP contribution in [0.2, 0.25) is 0 Å². The van der Waals surface area contributed by atoms with Gasteiger partial charge in [-0.2, -0.15) is 5.10 Å². The van der Waals surface area contributed by atoms with Gasteiger partial charge < -0.3 is 10.5 Å². The predicted octanol–water partition coefficient (Wildman–Crippen LogP) is 0.773. The highest BCUT2D eigenvalue weighted by Gasteiger charge is 2.16. The molecule has 6 heteroatoms. The highest BCUT2D eigenvalue weighted by molar-refractivity contribution is 14.1. The molecule has 0 atom stereocenters. The molecule has 1 aromatic heterocycles. The van der Waals surface area contributed by atoms with E-state index in [-0.39, 0.29) is 5.69 Å². The maximum atomic E-state index is 11.1. The molecule has 0 saturated carbocycles. The van der Waals surface area contributed by atoms with Gasteiger partial charge in [-0.3, -0.25) is 5.10 Å². The van der Waals surface area contributed by atoms with E-state index in [1.807, 2.05) is 22.6 Å². The van der Waals surface area contributed by atoms with Crippen LogP contribution in [0.5, 0.6) is 0 Å². The summed E-state index contributed by atoms with van der Waals surface area (Å²) in [6, 6.07) is 0. The van der Waals surface area contributed by atoms with Gasteiger partial charge in [0.1, 0.15) is 3.70 Å². The second-order valence-electron chi connectivity index (χ2n) is 2.02. The van der Waals surface area contributed by atoms with Crippen molar-refractivity contribution in [1.82, 2.24) is 10.2 Å². The summed E-state index contributed by atoms with van der Waals surface area (Å²) >= 11 is 1.96. The van der Waals surface area contributed by atoms with Gasteiger partial charge in [0.05, 0.1) is 12.3 Å². The number of nitrogen functional groups attached to an aromatic ring is 1. The summed E-state index contributed by atoms with van der Waals surface area (Å²) in [5.41, 5.74) is 6.03. The van der Waals surface area contributed by atoms with Crippen molar-refractivity contribution >= 4 is 34.2 Å². The van der Waals surface area contributed by atoms with E-state index in [1.165, 1.54) is 0 Å². The smallest absolute Gasteiger partial charge is 0.361 e. The lowest BCUT2D eigenvalue weighted by Gasteiger charge is -1.97. The number of hydrogen-bond donors (Lipinski definition) is 2. The number of ether oxygens (including phenoxy) is 1. The monoisotopic (exact) mass is 281 g/mol. The summed E-state index contributed by atoms with van der Waals surface area (Å²) in [5, 5.41) is 6.29. The Balaban J connectivity index is 2.88. The van der Waals surface area contributed by atoms with Crippen LogP contribution < -0.4 is 5.73 Å². The van der Waals surface area contributed by atoms with E-state index in [0.29, 0.717) is 16.0 Å². The van der Waals surface area contributed by atoms with Crippen molar-refractivity contribution in [3.8, 4) is 0 Å². The average Bonchev–Trinajstić information content (AvgIpc) is 2.34. The van der Waals surface area contributed by atoms with Crippen molar-refractivity contribution in [2.24, 2.45) is 0 Å². The first kappa shape index (κ1) is 9.30. The molecule has 0 radical (unpaired) electrons. The number of esters is 1. The van der Waals surface area contributed by atoms with Crippen molar-refractivity contribution in [3.05, 3.63) is 9.39 Å². The number of carbonyl (C=O) groups is 1. The van der Waals surface area contributed by atoms with E-state index in [2.05, 4.69) is 10.2 Å². The maximum Gasteiger partial charge on any atom is 0.361 e. The zero-order chi connectivity index (χ0) is 9.14. The number of H-pyrrole nitrogens is 1. The summed E-state index contributed by atoms with van der Waals surface area (Å²) in [5.74, 6) is -0.492. The van der Waals surface area contributed by atoms with Gasteiger partial charge in [0, 0.05) is 0 Å². The van der Waals surface area contributed by atoms with Crippen LogP contribution in [0, 0.1) is 3.70 Å². The molecule has 0 aliphatic carbocycles. The van der Waals surface area contributed by atoms with Gasteiger partial charge in [0.15, 0.2) is 5.69 Å². The Bertz CT molecular complexity index is 297. The molecule has 0 bridgehead atoms. The van der Waals surface area contributed by atoms with Crippen LogP contribution in [0.1, 0.15) is 17.4 Å². The highest BCUT2D eigenvalue weighted by Crippen LogP contribution is 2.16. The number of rotatable bonds is 2. The van der Waals surface area contributed by atoms with E-state index in [0.717, 1.165) is 0 Å². The van der Waals surface area contributed by atoms with Crippen molar-refractivity contribution < 1.29 is 9.53 Å². The molecule has 12 heavy (non-hydrogen) atoms. The lowest BCUT2D eigenvalue weighted by molar-refractivity contribution is 0.0520. The highest BCUT2D eigenvalue weighted by atomic mass is 127. The molecule has 1 heterocycles. The summed E-state index contributed by atoms with van der Waals surface area (Å²) < 4.78 is 5.37. The summed E-state index contributed by atoms with van der Waals surface area (Å²) in [6.07, 6.45) is 0. The summed E-state index contributed by atoms with van der Waals surface area (Å²) in [4.78, 5) is 11.1. The Morgan fingerprint density at radius 2 is 2.50 bits per heavy atom. The molecule has 0 unspecified atom stereocenters. The summed E-state index contributed by atoms with van der Waals surface area (Å²) in [7, 11) is 0. The normalized spacial score (nSPS) is 9.83. The van der Waals surface area contributed by atoms with Gasteiger partial charge in [-0.05, 0) is 29.5 Å². The fourth-order valence-electron chi connectivity index (χ4n) is 0.684. The minimum absolute atomic E-state index is 0.154. The number of nitrogens with zero attached hydrogens (tertiary/aromatic N) is 1. The molecule has 3 N–H and O–H groups in total. The van der Waals surface area contributed by atoms with E-state index in [9.17, 15) is 4.79 Å². The van der Waals surface area contributed by atoms with Crippen LogP contribution >= 0.6 is 22.6 Å². The predicted molar refractivity (Wildman–Crippen MR) is 51.7 cm³/mol. The minimum atomic E-state index is -0.492. The van der Waals surface area contributed by atoms with E-state index in [1.54, 1.807) is 6.92 Å². The molecular formula is C6H8IN3O2. The Morgan fingerprint density at radius 1 is 1.83 bits per heavy atom. The molecule has 0 fully saturated rings. The number of halogens is 1. The number of nitrogens with one attached hydrogen (secondary N) is 1. The Kier molecular flexibility index (Phi) is 2.90. The van der Waals surface area contributed by atoms with Crippen LogP contribution in [0.25, 0.3) is 0 Å². The minimum Gasteiger partial charge on any atom is -0.461 e. The van der Waals surface area contributed by atoms with Gasteiger partial charge >= 0.3 is 5.97 Å². The van der Waals surface area contributed by atoms with Crippen LogP contribution in [0.15, 0.2) is 0 Å². The number of anilines is 1. The van der Waals surface area contributed by atoms with Gasteiger partial charge in [0.25, 0.3) is 0 Å². The van der Waals surface area contributed by atoms with E-state index < -0.39 is 5.97 Å². The maximum absolute atomic E-state index is 11.1. The van der Waals surface area contributed by atoms with Crippen molar-refractivity contribution in [3.63, 3.8) is 0 Å². The second kappa shape index (κ2) is 3.74. The standard InChI is InChI=1S/C6H8IN3O2/c1-2-12-6(11)4-3(8)5(7)10-9-4/h2,8H2,1H3,(H,9,10). The Labute approximate surface area is 82.8 Å². The Morgan fingerprint density at radius 3 is 2.92 bits per heavy atom. The molecule has 0 amide bonds. The lowest BCUT2D eigenvalue weighted by Crippen LogP contribution is -2.07. The molecule has 0 aliphatic heterocycles. The molecule has 0 spiro atoms. The Hall–Kier alpha value is -0.790. The number of aromatic nitrogens is 2. The molecule has 0 saturated heterocycles. The average molecular weight is 281 g/mol. The van der Waals surface area contributed by atoms with Crippen LogP contribution in [-0.4, -0.2) is 22.8 Å². The fraction of sp³-hybridized carbons (Fsp3) is 0.333. The topological polar surface area (TPSA) is 81.0 Å². The molecule has 66 valence electrons. The second-order valence-corrected chi connectivity index (χ2v) is 3.10. The molecule has 0 aromatic carbocycles. The van der Waals surface area contributed by atoms with E-state index in [4.69, 9.17) is 10.5 Å². The quantitative estimate of drug-likeness (QED) is 0.620. The SMILES string of the molecule is CCOC(=O)c1n[nH]c(I)c1N. The molecule has 0 aliphatic rings. The number of nitrogens with two attached hydrogens (primary N) is 1. The fourth-order valence-corrected chi connectivity index (χ4v) is 1.06. The lowest BCUT2D eigenvalue weighted by atomic mass is 10.4. The third-order valence-corrected chi connectivity index (χ3v) is 2.05. The first-order valence-corrected chi connectivity index (χ1v) is 4.41. The molecule has 5 nitrogen and oxygen atoms in total.